The molecule has 0 atom stereocenters. The minimum Gasteiger partial charge on any atom is -0.399 e. The van der Waals surface area contributed by atoms with Crippen LogP contribution >= 0.6 is 11.3 Å². The molecular formula is C22H26N4S. The van der Waals surface area contributed by atoms with Crippen molar-refractivity contribution >= 4 is 22.7 Å². The molecule has 27 heavy (non-hydrogen) atoms. The summed E-state index contributed by atoms with van der Waals surface area (Å²) in [6, 6.07) is 18.6. The van der Waals surface area contributed by atoms with Gasteiger partial charge in [0.15, 0.2) is 0 Å². The highest BCUT2D eigenvalue weighted by molar-refractivity contribution is 7.10. The van der Waals surface area contributed by atoms with Crippen LogP contribution < -0.4 is 11.5 Å². The van der Waals surface area contributed by atoms with Crippen molar-refractivity contribution in [2.45, 2.75) is 13.1 Å². The number of nitrogen functional groups attached to an aromatic ring is 2. The van der Waals surface area contributed by atoms with Gasteiger partial charge in [-0.25, -0.2) is 0 Å². The second-order valence-corrected chi connectivity index (χ2v) is 8.14. The molecule has 4 nitrogen and oxygen atoms in total. The number of benzene rings is 2. The summed E-state index contributed by atoms with van der Waals surface area (Å²) in [6.45, 7) is 6.42. The number of thiophene rings is 1. The Hall–Kier alpha value is -2.34. The van der Waals surface area contributed by atoms with Crippen molar-refractivity contribution in [2.24, 2.45) is 0 Å². The molecule has 2 aromatic carbocycles. The molecule has 0 unspecified atom stereocenters. The lowest BCUT2D eigenvalue weighted by Gasteiger charge is -2.34. The first-order valence-corrected chi connectivity index (χ1v) is 10.3. The van der Waals surface area contributed by atoms with Gasteiger partial charge in [-0.3, -0.25) is 9.80 Å². The zero-order chi connectivity index (χ0) is 18.6. The highest BCUT2D eigenvalue weighted by Crippen LogP contribution is 2.34. The van der Waals surface area contributed by atoms with Crippen molar-refractivity contribution in [3.8, 4) is 11.1 Å². The maximum Gasteiger partial charge on any atom is 0.0395 e. The van der Waals surface area contributed by atoms with Crippen LogP contribution in [0.5, 0.6) is 0 Å². The molecular weight excluding hydrogens is 352 g/mol. The van der Waals surface area contributed by atoms with E-state index in [2.05, 4.69) is 51.6 Å². The molecule has 0 saturated carbocycles. The predicted octanol–water partition coefficient (Wildman–Crippen LogP) is 3.90. The summed E-state index contributed by atoms with van der Waals surface area (Å²) in [6.07, 6.45) is 0. The number of rotatable bonds is 5. The third kappa shape index (κ3) is 4.33. The molecule has 0 bridgehead atoms. The Morgan fingerprint density at radius 1 is 0.778 bits per heavy atom. The Morgan fingerprint density at radius 2 is 1.48 bits per heavy atom. The fourth-order valence-corrected chi connectivity index (χ4v) is 4.59. The normalized spacial score (nSPS) is 15.9. The van der Waals surface area contributed by atoms with E-state index in [1.165, 1.54) is 16.0 Å². The molecule has 1 aromatic heterocycles. The van der Waals surface area contributed by atoms with E-state index in [0.717, 1.165) is 56.2 Å². The van der Waals surface area contributed by atoms with Crippen LogP contribution in [0.4, 0.5) is 11.4 Å². The van der Waals surface area contributed by atoms with E-state index in [9.17, 15) is 0 Å². The average Bonchev–Trinajstić information content (AvgIpc) is 3.14. The molecule has 1 fully saturated rings. The van der Waals surface area contributed by atoms with Crippen molar-refractivity contribution in [3.63, 3.8) is 0 Å². The fourth-order valence-electron chi connectivity index (χ4n) is 3.66. The zero-order valence-corrected chi connectivity index (χ0v) is 16.3. The van der Waals surface area contributed by atoms with Crippen LogP contribution in [-0.4, -0.2) is 36.0 Å². The summed E-state index contributed by atoms with van der Waals surface area (Å²) in [7, 11) is 0. The van der Waals surface area contributed by atoms with Crippen LogP contribution in [-0.2, 0) is 13.1 Å². The molecule has 4 rings (SSSR count). The van der Waals surface area contributed by atoms with Gasteiger partial charge in [-0.1, -0.05) is 30.3 Å². The van der Waals surface area contributed by atoms with Crippen LogP contribution in [0.1, 0.15) is 10.4 Å². The third-order valence-electron chi connectivity index (χ3n) is 5.19. The fraction of sp³-hybridized carbons (Fsp3) is 0.273. The van der Waals surface area contributed by atoms with Gasteiger partial charge < -0.3 is 11.5 Å². The van der Waals surface area contributed by atoms with E-state index in [1.54, 1.807) is 11.3 Å². The Balaban J connectivity index is 1.39. The first kappa shape index (κ1) is 18.0. The zero-order valence-electron chi connectivity index (χ0n) is 15.5. The van der Waals surface area contributed by atoms with Gasteiger partial charge in [-0.05, 0) is 40.8 Å². The number of nitrogens with two attached hydrogens (primary N) is 2. The van der Waals surface area contributed by atoms with Crippen LogP contribution in [0.3, 0.4) is 0 Å². The number of anilines is 2. The summed E-state index contributed by atoms with van der Waals surface area (Å²) in [5.74, 6) is 0. The first-order valence-electron chi connectivity index (χ1n) is 9.39. The van der Waals surface area contributed by atoms with Gasteiger partial charge in [0.1, 0.15) is 0 Å². The summed E-state index contributed by atoms with van der Waals surface area (Å²) in [5.41, 5.74) is 17.4. The highest BCUT2D eigenvalue weighted by atomic mass is 32.1. The number of nitrogens with zero attached hydrogens (tertiary/aromatic N) is 2. The van der Waals surface area contributed by atoms with Gasteiger partial charge in [0.2, 0.25) is 0 Å². The van der Waals surface area contributed by atoms with Gasteiger partial charge in [0, 0.05) is 61.1 Å². The van der Waals surface area contributed by atoms with Crippen LogP contribution in [0.15, 0.2) is 60.0 Å². The Kier molecular flexibility index (Phi) is 5.43. The van der Waals surface area contributed by atoms with Crippen LogP contribution in [0.25, 0.3) is 11.1 Å². The lowest BCUT2D eigenvalue weighted by Crippen LogP contribution is -2.45. The largest absolute Gasteiger partial charge is 0.399 e. The van der Waals surface area contributed by atoms with Crippen molar-refractivity contribution in [3.05, 3.63) is 70.4 Å². The number of piperazine rings is 1. The topological polar surface area (TPSA) is 58.5 Å². The smallest absolute Gasteiger partial charge is 0.0395 e. The molecule has 1 saturated heterocycles. The van der Waals surface area contributed by atoms with Crippen molar-refractivity contribution in [2.75, 3.05) is 37.6 Å². The molecule has 1 aliphatic rings. The summed E-state index contributed by atoms with van der Waals surface area (Å²) >= 11 is 1.80. The van der Waals surface area contributed by atoms with Crippen molar-refractivity contribution in [1.29, 1.82) is 0 Å². The average molecular weight is 379 g/mol. The monoisotopic (exact) mass is 378 g/mol. The van der Waals surface area contributed by atoms with E-state index in [-0.39, 0.29) is 0 Å². The number of hydrogen-bond donors (Lipinski definition) is 2. The van der Waals surface area contributed by atoms with Crippen molar-refractivity contribution in [1.82, 2.24) is 9.80 Å². The molecule has 3 aromatic rings. The second-order valence-electron chi connectivity index (χ2n) is 7.14. The van der Waals surface area contributed by atoms with E-state index in [4.69, 9.17) is 11.5 Å². The molecule has 4 N–H and O–H groups in total. The number of hydrogen-bond acceptors (Lipinski definition) is 5. The summed E-state index contributed by atoms with van der Waals surface area (Å²) in [5, 5.41) is 2.15. The minimum absolute atomic E-state index is 0.755. The Labute approximate surface area is 165 Å². The quantitative estimate of drug-likeness (QED) is 0.661. The standard InChI is InChI=1S/C22H26N4S/c23-18-6-7-21(24)20(14-18)19-8-13-27-22(19)16-26-11-9-25(10-12-26)15-17-4-2-1-3-5-17/h1-8,13-14H,9-12,15-16,23-24H2. The summed E-state index contributed by atoms with van der Waals surface area (Å²) in [4.78, 5) is 6.44. The van der Waals surface area contributed by atoms with E-state index in [1.807, 2.05) is 18.2 Å². The van der Waals surface area contributed by atoms with Gasteiger partial charge in [0.25, 0.3) is 0 Å². The van der Waals surface area contributed by atoms with Gasteiger partial charge in [0.05, 0.1) is 0 Å². The van der Waals surface area contributed by atoms with Crippen LogP contribution in [0.2, 0.25) is 0 Å². The molecule has 0 amide bonds. The molecule has 140 valence electrons. The molecule has 0 aliphatic carbocycles. The SMILES string of the molecule is Nc1ccc(N)c(-c2ccsc2CN2CCN(Cc3ccccc3)CC2)c1. The second kappa shape index (κ2) is 8.13. The van der Waals surface area contributed by atoms with E-state index >= 15 is 0 Å². The van der Waals surface area contributed by atoms with E-state index < -0.39 is 0 Å². The van der Waals surface area contributed by atoms with Crippen LogP contribution in [0, 0.1) is 0 Å². The van der Waals surface area contributed by atoms with Gasteiger partial charge in [-0.2, -0.15) is 0 Å². The maximum absolute atomic E-state index is 6.20. The van der Waals surface area contributed by atoms with Gasteiger partial charge >= 0.3 is 0 Å². The molecule has 5 heteroatoms. The molecule has 0 radical (unpaired) electrons. The Morgan fingerprint density at radius 3 is 2.22 bits per heavy atom. The lowest BCUT2D eigenvalue weighted by molar-refractivity contribution is 0.123. The highest BCUT2D eigenvalue weighted by Gasteiger charge is 2.19. The minimum atomic E-state index is 0.755. The van der Waals surface area contributed by atoms with Crippen molar-refractivity contribution < 1.29 is 0 Å². The first-order chi connectivity index (χ1) is 13.2. The Bertz CT molecular complexity index is 882. The third-order valence-corrected chi connectivity index (χ3v) is 6.10. The maximum atomic E-state index is 6.20. The predicted molar refractivity (Wildman–Crippen MR) is 116 cm³/mol. The summed E-state index contributed by atoms with van der Waals surface area (Å²) < 4.78 is 0. The van der Waals surface area contributed by atoms with E-state index in [0.29, 0.717) is 0 Å². The molecule has 0 spiro atoms. The molecule has 1 aliphatic heterocycles. The van der Waals surface area contributed by atoms with Gasteiger partial charge in [-0.15, -0.1) is 11.3 Å². The lowest BCUT2D eigenvalue weighted by atomic mass is 10.0. The molecule has 2 heterocycles.